The van der Waals surface area contributed by atoms with E-state index in [9.17, 15) is 18.8 Å². The standard InChI is InChI=1S/C31H25ClFN3O3S/c1-20(29(37)35-27-14-8-7-13-26(27)33)40-24-17-15-23(16-18-24)34-31(39)28(19-22-11-5-6-12-25(22)32)36-30(38)21-9-3-2-4-10-21/h2-20H,1H3,(H,34,39)(H,35,37)(H,36,38)/b28-19-. The number of nitrogens with one attached hydrogen (secondary N) is 3. The van der Waals surface area contributed by atoms with Crippen molar-refractivity contribution in [1.29, 1.82) is 0 Å². The number of anilines is 2. The van der Waals surface area contributed by atoms with Crippen LogP contribution in [-0.4, -0.2) is 23.0 Å². The second-order valence-electron chi connectivity index (χ2n) is 8.61. The van der Waals surface area contributed by atoms with Crippen molar-refractivity contribution in [2.45, 2.75) is 17.1 Å². The van der Waals surface area contributed by atoms with Crippen LogP contribution in [0.2, 0.25) is 5.02 Å². The first-order chi connectivity index (χ1) is 19.3. The summed E-state index contributed by atoms with van der Waals surface area (Å²) in [5.74, 6) is -1.82. The zero-order valence-corrected chi connectivity index (χ0v) is 22.9. The van der Waals surface area contributed by atoms with E-state index in [0.717, 1.165) is 4.90 Å². The Morgan fingerprint density at radius 1 is 0.825 bits per heavy atom. The molecule has 0 heterocycles. The van der Waals surface area contributed by atoms with Gasteiger partial charge in [0.2, 0.25) is 5.91 Å². The number of carbonyl (C=O) groups is 3. The monoisotopic (exact) mass is 573 g/mol. The Kier molecular flexibility index (Phi) is 9.72. The SMILES string of the molecule is CC(Sc1ccc(NC(=O)/C(=C/c2ccccc2Cl)NC(=O)c2ccccc2)cc1)C(=O)Nc1ccccc1F. The molecule has 0 aliphatic heterocycles. The summed E-state index contributed by atoms with van der Waals surface area (Å²) in [6, 6.07) is 28.4. The van der Waals surface area contributed by atoms with E-state index < -0.39 is 22.9 Å². The minimum atomic E-state index is -0.540. The zero-order valence-electron chi connectivity index (χ0n) is 21.4. The second-order valence-corrected chi connectivity index (χ2v) is 10.4. The molecule has 4 aromatic carbocycles. The van der Waals surface area contributed by atoms with Crippen LogP contribution in [0, 0.1) is 5.82 Å². The fourth-order valence-electron chi connectivity index (χ4n) is 3.56. The molecule has 1 unspecified atom stereocenters. The largest absolute Gasteiger partial charge is 0.323 e. The fraction of sp³-hybridized carbons (Fsp3) is 0.0645. The highest BCUT2D eigenvalue weighted by Crippen LogP contribution is 2.26. The maximum absolute atomic E-state index is 13.9. The van der Waals surface area contributed by atoms with Crippen molar-refractivity contribution in [3.05, 3.63) is 131 Å². The second kappa shape index (κ2) is 13.6. The molecule has 6 nitrogen and oxygen atoms in total. The first-order valence-corrected chi connectivity index (χ1v) is 13.5. The highest BCUT2D eigenvalue weighted by atomic mass is 35.5. The Morgan fingerprint density at radius 3 is 2.17 bits per heavy atom. The average Bonchev–Trinajstić information content (AvgIpc) is 2.96. The summed E-state index contributed by atoms with van der Waals surface area (Å²) in [6.45, 7) is 1.72. The minimum absolute atomic E-state index is 0.0128. The first kappa shape index (κ1) is 28.6. The van der Waals surface area contributed by atoms with Gasteiger partial charge in [-0.15, -0.1) is 11.8 Å². The lowest BCUT2D eigenvalue weighted by atomic mass is 10.1. The van der Waals surface area contributed by atoms with Crippen molar-refractivity contribution < 1.29 is 18.8 Å². The van der Waals surface area contributed by atoms with Gasteiger partial charge in [0, 0.05) is 21.2 Å². The number of hydrogen-bond donors (Lipinski definition) is 3. The molecule has 4 rings (SSSR count). The number of carbonyl (C=O) groups excluding carboxylic acids is 3. The molecule has 0 spiro atoms. The van der Waals surface area contributed by atoms with Crippen molar-refractivity contribution in [1.82, 2.24) is 5.32 Å². The maximum Gasteiger partial charge on any atom is 0.272 e. The molecule has 0 bridgehead atoms. The highest BCUT2D eigenvalue weighted by molar-refractivity contribution is 8.00. The van der Waals surface area contributed by atoms with Crippen molar-refractivity contribution in [2.24, 2.45) is 0 Å². The summed E-state index contributed by atoms with van der Waals surface area (Å²) in [7, 11) is 0. The molecular weight excluding hydrogens is 549 g/mol. The normalized spacial score (nSPS) is 11.8. The molecule has 4 aromatic rings. The molecule has 0 fully saturated rings. The van der Waals surface area contributed by atoms with E-state index in [4.69, 9.17) is 11.6 Å². The van der Waals surface area contributed by atoms with Gasteiger partial charge in [-0.3, -0.25) is 14.4 Å². The number of hydrogen-bond acceptors (Lipinski definition) is 4. The van der Waals surface area contributed by atoms with E-state index in [1.807, 2.05) is 0 Å². The van der Waals surface area contributed by atoms with Crippen LogP contribution >= 0.6 is 23.4 Å². The van der Waals surface area contributed by atoms with Crippen LogP contribution in [-0.2, 0) is 9.59 Å². The van der Waals surface area contributed by atoms with Crippen LogP contribution in [0.25, 0.3) is 6.08 Å². The average molecular weight is 574 g/mol. The van der Waals surface area contributed by atoms with Crippen molar-refractivity contribution in [3.8, 4) is 0 Å². The number of halogens is 2. The lowest BCUT2D eigenvalue weighted by Crippen LogP contribution is -2.30. The van der Waals surface area contributed by atoms with Gasteiger partial charge in [-0.1, -0.05) is 60.1 Å². The highest BCUT2D eigenvalue weighted by Gasteiger charge is 2.18. The molecule has 202 valence electrons. The first-order valence-electron chi connectivity index (χ1n) is 12.3. The zero-order chi connectivity index (χ0) is 28.5. The van der Waals surface area contributed by atoms with Crippen LogP contribution in [0.1, 0.15) is 22.8 Å². The molecular formula is C31H25ClFN3O3S. The molecule has 0 radical (unpaired) electrons. The molecule has 3 N–H and O–H groups in total. The van der Waals surface area contributed by atoms with E-state index in [-0.39, 0.29) is 17.3 Å². The predicted octanol–water partition coefficient (Wildman–Crippen LogP) is 7.01. The number of thioether (sulfide) groups is 1. The van der Waals surface area contributed by atoms with Crippen LogP contribution in [0.5, 0.6) is 0 Å². The lowest BCUT2D eigenvalue weighted by Gasteiger charge is -2.14. The summed E-state index contributed by atoms with van der Waals surface area (Å²) < 4.78 is 13.9. The van der Waals surface area contributed by atoms with E-state index in [1.54, 1.807) is 97.9 Å². The van der Waals surface area contributed by atoms with Gasteiger partial charge in [-0.05, 0) is 73.2 Å². The molecule has 0 aromatic heterocycles. The van der Waals surface area contributed by atoms with E-state index in [0.29, 0.717) is 21.8 Å². The van der Waals surface area contributed by atoms with Gasteiger partial charge >= 0.3 is 0 Å². The molecule has 0 aliphatic rings. The Morgan fingerprint density at radius 2 is 1.48 bits per heavy atom. The third kappa shape index (κ3) is 7.81. The van der Waals surface area contributed by atoms with Crippen molar-refractivity contribution in [2.75, 3.05) is 10.6 Å². The van der Waals surface area contributed by atoms with Crippen molar-refractivity contribution in [3.63, 3.8) is 0 Å². The van der Waals surface area contributed by atoms with Gasteiger partial charge in [-0.25, -0.2) is 4.39 Å². The molecule has 40 heavy (non-hydrogen) atoms. The van der Waals surface area contributed by atoms with Gasteiger partial charge in [0.15, 0.2) is 0 Å². The van der Waals surface area contributed by atoms with E-state index in [1.165, 1.54) is 30.0 Å². The molecule has 3 amide bonds. The van der Waals surface area contributed by atoms with Crippen molar-refractivity contribution >= 4 is 58.5 Å². The minimum Gasteiger partial charge on any atom is -0.323 e. The maximum atomic E-state index is 13.9. The lowest BCUT2D eigenvalue weighted by molar-refractivity contribution is -0.115. The number of amides is 3. The summed E-state index contributed by atoms with van der Waals surface area (Å²) >= 11 is 7.57. The number of benzene rings is 4. The fourth-order valence-corrected chi connectivity index (χ4v) is 4.62. The quantitative estimate of drug-likeness (QED) is 0.148. The predicted molar refractivity (Wildman–Crippen MR) is 159 cm³/mol. The van der Waals surface area contributed by atoms with Gasteiger partial charge in [0.25, 0.3) is 11.8 Å². The Labute approximate surface area is 240 Å². The van der Waals surface area contributed by atoms with Crippen LogP contribution < -0.4 is 16.0 Å². The third-order valence-electron chi connectivity index (χ3n) is 5.66. The molecule has 1 atom stereocenters. The Hall–Kier alpha value is -4.40. The summed E-state index contributed by atoms with van der Waals surface area (Å²) in [5.41, 5.74) is 1.58. The third-order valence-corrected chi connectivity index (χ3v) is 7.12. The molecule has 0 saturated carbocycles. The topological polar surface area (TPSA) is 87.3 Å². The van der Waals surface area contributed by atoms with Crippen LogP contribution in [0.4, 0.5) is 15.8 Å². The van der Waals surface area contributed by atoms with Crippen LogP contribution in [0.15, 0.2) is 114 Å². The summed E-state index contributed by atoms with van der Waals surface area (Å²) in [6.07, 6.45) is 1.51. The Bertz CT molecular complexity index is 1550. The molecule has 9 heteroatoms. The van der Waals surface area contributed by atoms with Gasteiger partial charge < -0.3 is 16.0 Å². The Balaban J connectivity index is 1.44. The smallest absolute Gasteiger partial charge is 0.272 e. The molecule has 0 aliphatic carbocycles. The molecule has 0 saturated heterocycles. The number of para-hydroxylation sites is 1. The summed E-state index contributed by atoms with van der Waals surface area (Å²) in [4.78, 5) is 39.3. The van der Waals surface area contributed by atoms with E-state index in [2.05, 4.69) is 16.0 Å². The van der Waals surface area contributed by atoms with E-state index >= 15 is 0 Å². The van der Waals surface area contributed by atoms with Gasteiger partial charge in [0.05, 0.1) is 10.9 Å². The van der Waals surface area contributed by atoms with Crippen LogP contribution in [0.3, 0.4) is 0 Å². The van der Waals surface area contributed by atoms with Gasteiger partial charge in [-0.2, -0.15) is 0 Å². The van der Waals surface area contributed by atoms with Gasteiger partial charge in [0.1, 0.15) is 11.5 Å². The summed E-state index contributed by atoms with van der Waals surface area (Å²) in [5, 5.41) is 7.98. The number of rotatable bonds is 9.